The van der Waals surface area contributed by atoms with Crippen molar-refractivity contribution in [2.45, 2.75) is 13.5 Å². The van der Waals surface area contributed by atoms with Crippen LogP contribution in [0.15, 0.2) is 74.9 Å². The minimum atomic E-state index is -0.864. The molecule has 10 nitrogen and oxygen atoms in total. The number of nitrogens with zero attached hydrogens (tertiary/aromatic N) is 3. The molecule has 0 saturated heterocycles. The summed E-state index contributed by atoms with van der Waals surface area (Å²) in [5.41, 5.74) is -0.472. The molecule has 11 heteroatoms. The number of amides is 1. The molecule has 0 bridgehead atoms. The van der Waals surface area contributed by atoms with Gasteiger partial charge in [-0.2, -0.15) is 4.99 Å². The zero-order valence-electron chi connectivity index (χ0n) is 18.8. The molecule has 0 saturated carbocycles. The molecule has 180 valence electrons. The van der Waals surface area contributed by atoms with Gasteiger partial charge in [0.2, 0.25) is 0 Å². The van der Waals surface area contributed by atoms with Gasteiger partial charge in [-0.05, 0) is 35.9 Å². The number of hydrogen-bond acceptors (Lipinski definition) is 8. The van der Waals surface area contributed by atoms with Gasteiger partial charge in [-0.1, -0.05) is 41.7 Å². The lowest BCUT2D eigenvalue weighted by Gasteiger charge is -2.05. The highest BCUT2D eigenvalue weighted by atomic mass is 32.1. The van der Waals surface area contributed by atoms with Crippen LogP contribution in [0.2, 0.25) is 0 Å². The van der Waals surface area contributed by atoms with Crippen LogP contribution < -0.4 is 10.4 Å². The van der Waals surface area contributed by atoms with Gasteiger partial charge in [0.1, 0.15) is 17.7 Å². The quantitative estimate of drug-likeness (QED) is 0.115. The van der Waals surface area contributed by atoms with Crippen LogP contribution in [-0.4, -0.2) is 28.0 Å². The number of fused-ring (bicyclic) bond motifs is 4. The standard InChI is InChI=1S/C25H17N3O7S/c1-2-34-22(29)13-27-19-9-8-15(28(32)33)11-21(19)36-25(27)26-23(30)18-12-17-16-6-4-3-5-14(16)7-10-20(17)35-24(18)31/h3-12H,2,13H2,1H3. The summed E-state index contributed by atoms with van der Waals surface area (Å²) in [5, 5.41) is 13.5. The van der Waals surface area contributed by atoms with E-state index in [4.69, 9.17) is 9.15 Å². The first-order valence-electron chi connectivity index (χ1n) is 10.8. The Kier molecular flexibility index (Phi) is 5.90. The minimum Gasteiger partial charge on any atom is -0.465 e. The van der Waals surface area contributed by atoms with Gasteiger partial charge in [0.25, 0.3) is 11.6 Å². The van der Waals surface area contributed by atoms with E-state index in [1.165, 1.54) is 28.8 Å². The van der Waals surface area contributed by atoms with E-state index in [0.717, 1.165) is 22.1 Å². The average Bonchev–Trinajstić information content (AvgIpc) is 3.19. The molecule has 0 aliphatic heterocycles. The molecular formula is C25H17N3O7S. The van der Waals surface area contributed by atoms with E-state index in [1.54, 1.807) is 13.0 Å². The lowest BCUT2D eigenvalue weighted by Crippen LogP contribution is -2.24. The fraction of sp³-hybridized carbons (Fsp3) is 0.120. The molecule has 0 spiro atoms. The molecule has 0 unspecified atom stereocenters. The molecule has 0 aliphatic rings. The van der Waals surface area contributed by atoms with E-state index in [9.17, 15) is 24.5 Å². The van der Waals surface area contributed by atoms with Crippen LogP contribution in [-0.2, 0) is 16.1 Å². The normalized spacial score (nSPS) is 11.9. The first-order chi connectivity index (χ1) is 17.4. The SMILES string of the molecule is CCOC(=O)Cn1c(=NC(=O)c2cc3c(ccc4ccccc43)oc2=O)sc2cc([N+](=O)[O-])ccc21. The van der Waals surface area contributed by atoms with Crippen LogP contribution >= 0.6 is 11.3 Å². The lowest BCUT2D eigenvalue weighted by molar-refractivity contribution is -0.384. The zero-order chi connectivity index (χ0) is 25.4. The molecule has 2 aromatic heterocycles. The van der Waals surface area contributed by atoms with E-state index in [0.29, 0.717) is 21.2 Å². The van der Waals surface area contributed by atoms with Crippen molar-refractivity contribution in [3.63, 3.8) is 0 Å². The first-order valence-corrected chi connectivity index (χ1v) is 11.7. The summed E-state index contributed by atoms with van der Waals surface area (Å²) in [6, 6.07) is 16.5. The fourth-order valence-corrected chi connectivity index (χ4v) is 4.98. The monoisotopic (exact) mass is 503 g/mol. The maximum atomic E-state index is 13.2. The number of rotatable bonds is 5. The van der Waals surface area contributed by atoms with E-state index >= 15 is 0 Å². The number of nitro groups is 1. The number of thiazole rings is 1. The van der Waals surface area contributed by atoms with Crippen LogP contribution in [0.5, 0.6) is 0 Å². The average molecular weight is 503 g/mol. The van der Waals surface area contributed by atoms with Crippen molar-refractivity contribution >= 4 is 60.9 Å². The van der Waals surface area contributed by atoms with Gasteiger partial charge in [-0.25, -0.2) is 4.79 Å². The summed E-state index contributed by atoms with van der Waals surface area (Å²) >= 11 is 0.981. The predicted molar refractivity (Wildman–Crippen MR) is 133 cm³/mol. The molecule has 0 radical (unpaired) electrons. The Morgan fingerprint density at radius 2 is 1.92 bits per heavy atom. The van der Waals surface area contributed by atoms with Gasteiger partial charge in [0.05, 0.1) is 21.7 Å². The summed E-state index contributed by atoms with van der Waals surface area (Å²) in [6.45, 7) is 1.55. The smallest absolute Gasteiger partial charge is 0.349 e. The molecule has 0 aliphatic carbocycles. The summed E-state index contributed by atoms with van der Waals surface area (Å²) in [6.07, 6.45) is 0. The zero-order valence-corrected chi connectivity index (χ0v) is 19.6. The third-order valence-corrected chi connectivity index (χ3v) is 6.58. The van der Waals surface area contributed by atoms with Gasteiger partial charge in [-0.15, -0.1) is 0 Å². The van der Waals surface area contributed by atoms with Crippen molar-refractivity contribution in [1.82, 2.24) is 4.57 Å². The van der Waals surface area contributed by atoms with Crippen LogP contribution in [0, 0.1) is 10.1 Å². The van der Waals surface area contributed by atoms with Crippen molar-refractivity contribution in [3.05, 3.63) is 91.6 Å². The number of benzene rings is 3. The van der Waals surface area contributed by atoms with E-state index in [-0.39, 0.29) is 29.2 Å². The largest absolute Gasteiger partial charge is 0.465 e. The third-order valence-electron chi connectivity index (χ3n) is 5.54. The maximum absolute atomic E-state index is 13.2. The van der Waals surface area contributed by atoms with Crippen LogP contribution in [0.1, 0.15) is 17.3 Å². The Morgan fingerprint density at radius 3 is 2.69 bits per heavy atom. The molecular weight excluding hydrogens is 486 g/mol. The van der Waals surface area contributed by atoms with Gasteiger partial charge in [0.15, 0.2) is 4.80 Å². The summed E-state index contributed by atoms with van der Waals surface area (Å²) in [5.74, 6) is -1.43. The summed E-state index contributed by atoms with van der Waals surface area (Å²) in [4.78, 5) is 52.9. The maximum Gasteiger partial charge on any atom is 0.349 e. The fourth-order valence-electron chi connectivity index (χ4n) is 3.92. The topological polar surface area (TPSA) is 134 Å². The number of ether oxygens (including phenoxy) is 1. The first kappa shape index (κ1) is 23.1. The Bertz CT molecular complexity index is 1830. The van der Waals surface area contributed by atoms with Gasteiger partial charge < -0.3 is 13.7 Å². The molecule has 36 heavy (non-hydrogen) atoms. The van der Waals surface area contributed by atoms with Gasteiger partial charge in [0, 0.05) is 17.5 Å². The van der Waals surface area contributed by atoms with Crippen LogP contribution in [0.25, 0.3) is 32.0 Å². The molecule has 1 amide bonds. The second-order valence-corrected chi connectivity index (χ2v) is 8.76. The number of nitro benzene ring substituents is 1. The van der Waals surface area contributed by atoms with Crippen molar-refractivity contribution in [3.8, 4) is 0 Å². The minimum absolute atomic E-state index is 0.0842. The third kappa shape index (κ3) is 4.16. The highest BCUT2D eigenvalue weighted by Gasteiger charge is 2.18. The number of non-ortho nitro benzene ring substituents is 1. The summed E-state index contributed by atoms with van der Waals surface area (Å²) in [7, 11) is 0. The Hall–Kier alpha value is -4.64. The number of hydrogen-bond donors (Lipinski definition) is 0. The summed E-state index contributed by atoms with van der Waals surface area (Å²) < 4.78 is 12.3. The van der Waals surface area contributed by atoms with Crippen molar-refractivity contribution in [2.24, 2.45) is 4.99 Å². The highest BCUT2D eigenvalue weighted by Crippen LogP contribution is 2.26. The second-order valence-electron chi connectivity index (χ2n) is 7.75. The van der Waals surface area contributed by atoms with Gasteiger partial charge >= 0.3 is 11.6 Å². The highest BCUT2D eigenvalue weighted by molar-refractivity contribution is 7.16. The van der Waals surface area contributed by atoms with Crippen molar-refractivity contribution in [1.29, 1.82) is 0 Å². The number of esters is 1. The Labute approximate surface area is 205 Å². The number of aromatic nitrogens is 1. The van der Waals surface area contributed by atoms with Crippen molar-refractivity contribution < 1.29 is 23.7 Å². The second kappa shape index (κ2) is 9.19. The van der Waals surface area contributed by atoms with Gasteiger partial charge in [-0.3, -0.25) is 19.7 Å². The Balaban J connectivity index is 1.68. The molecule has 0 N–H and O–H groups in total. The van der Waals surface area contributed by atoms with E-state index < -0.39 is 22.4 Å². The molecule has 3 aromatic carbocycles. The molecule has 5 rings (SSSR count). The van der Waals surface area contributed by atoms with E-state index in [2.05, 4.69) is 4.99 Å². The molecule has 0 atom stereocenters. The van der Waals surface area contributed by atoms with E-state index in [1.807, 2.05) is 30.3 Å². The molecule has 0 fully saturated rings. The predicted octanol–water partition coefficient (Wildman–Crippen LogP) is 4.17. The number of carbonyl (C=O) groups is 2. The Morgan fingerprint density at radius 1 is 1.11 bits per heavy atom. The van der Waals surface area contributed by atoms with Crippen LogP contribution in [0.3, 0.4) is 0 Å². The molecule has 5 aromatic rings. The molecule has 2 heterocycles. The van der Waals surface area contributed by atoms with Crippen molar-refractivity contribution in [2.75, 3.05) is 6.61 Å². The van der Waals surface area contributed by atoms with Crippen LogP contribution in [0.4, 0.5) is 5.69 Å². The number of carbonyl (C=O) groups excluding carboxylic acids is 2. The lowest BCUT2D eigenvalue weighted by atomic mass is 10.0.